The van der Waals surface area contributed by atoms with Crippen molar-refractivity contribution >= 4 is 45.2 Å². The lowest BCUT2D eigenvalue weighted by Gasteiger charge is -2.26. The van der Waals surface area contributed by atoms with E-state index in [-0.39, 0.29) is 17.5 Å². The second kappa shape index (κ2) is 11.8. The van der Waals surface area contributed by atoms with Crippen LogP contribution in [0.3, 0.4) is 0 Å². The van der Waals surface area contributed by atoms with Crippen molar-refractivity contribution in [3.8, 4) is 11.3 Å². The number of nitrogens with one attached hydrogen (secondary N) is 1. The molecular weight excluding hydrogens is 577 g/mol. The Hall–Kier alpha value is -2.98. The number of anilines is 1. The topological polar surface area (TPSA) is 89.4 Å². The van der Waals surface area contributed by atoms with Crippen molar-refractivity contribution < 1.29 is 18.7 Å². The smallest absolute Gasteiger partial charge is 0.412 e. The fraction of sp³-hybridized carbons (Fsp3) is 0.407. The third-order valence-corrected chi connectivity index (χ3v) is 6.92. The molecule has 0 aliphatic carbocycles. The van der Waals surface area contributed by atoms with Crippen molar-refractivity contribution in [1.82, 2.24) is 19.9 Å². The molecule has 1 fully saturated rings. The van der Waals surface area contributed by atoms with E-state index in [2.05, 4.69) is 31.6 Å². The van der Waals surface area contributed by atoms with Gasteiger partial charge in [-0.25, -0.2) is 9.18 Å². The number of carbonyl (C=O) groups excluding carboxylic acids is 2. The van der Waals surface area contributed by atoms with Crippen LogP contribution >= 0.6 is 27.5 Å². The van der Waals surface area contributed by atoms with Crippen molar-refractivity contribution in [2.24, 2.45) is 0 Å². The molecule has 4 rings (SSSR count). The number of ether oxygens (including phenoxy) is 1. The Bertz CT molecular complexity index is 1330. The van der Waals surface area contributed by atoms with Crippen LogP contribution in [0.25, 0.3) is 11.3 Å². The van der Waals surface area contributed by atoms with Crippen LogP contribution < -0.4 is 5.32 Å². The summed E-state index contributed by atoms with van der Waals surface area (Å²) in [5.41, 5.74) is 1.21. The summed E-state index contributed by atoms with van der Waals surface area (Å²) in [6, 6.07) is 9.93. The Labute approximate surface area is 234 Å². The van der Waals surface area contributed by atoms with Gasteiger partial charge in [-0.2, -0.15) is 0 Å². The minimum absolute atomic E-state index is 0.0226. The molecular formula is C27H30BrClFN5O3. The van der Waals surface area contributed by atoms with Crippen LogP contribution in [0.5, 0.6) is 0 Å². The largest absolute Gasteiger partial charge is 0.444 e. The highest BCUT2D eigenvalue weighted by Crippen LogP contribution is 2.37. The molecule has 11 heteroatoms. The van der Waals surface area contributed by atoms with Crippen molar-refractivity contribution in [2.45, 2.75) is 64.6 Å². The molecule has 0 saturated carbocycles. The lowest BCUT2D eigenvalue weighted by Crippen LogP contribution is -2.30. The van der Waals surface area contributed by atoms with Crippen molar-refractivity contribution in [2.75, 3.05) is 11.9 Å². The molecule has 1 aliphatic heterocycles. The molecule has 202 valence electrons. The summed E-state index contributed by atoms with van der Waals surface area (Å²) in [6.45, 7) is 6.44. The quantitative estimate of drug-likeness (QED) is 0.313. The molecule has 1 aromatic heterocycles. The number of amides is 2. The summed E-state index contributed by atoms with van der Waals surface area (Å²) in [6.07, 6.45) is 3.72. The maximum Gasteiger partial charge on any atom is 0.412 e. The molecule has 3 aromatic rings. The summed E-state index contributed by atoms with van der Waals surface area (Å²) in [5, 5.41) is 11.4. The summed E-state index contributed by atoms with van der Waals surface area (Å²) in [4.78, 5) is 27.0. The predicted molar refractivity (Wildman–Crippen MR) is 147 cm³/mol. The van der Waals surface area contributed by atoms with Crippen LogP contribution in [0, 0.1) is 5.82 Å². The van der Waals surface area contributed by atoms with Crippen LogP contribution in [-0.4, -0.2) is 44.0 Å². The van der Waals surface area contributed by atoms with Crippen molar-refractivity contribution in [3.63, 3.8) is 0 Å². The molecule has 0 bridgehead atoms. The number of hydrogen-bond donors (Lipinski definition) is 1. The summed E-state index contributed by atoms with van der Waals surface area (Å²) >= 11 is 9.87. The van der Waals surface area contributed by atoms with Gasteiger partial charge in [0, 0.05) is 40.3 Å². The molecule has 1 unspecified atom stereocenters. The zero-order valence-corrected chi connectivity index (χ0v) is 23.9. The van der Waals surface area contributed by atoms with Gasteiger partial charge in [-0.1, -0.05) is 38.8 Å². The van der Waals surface area contributed by atoms with E-state index in [1.807, 2.05) is 23.1 Å². The number of carbonyl (C=O) groups is 2. The molecule has 1 atom stereocenters. The SMILES string of the molecule is CC(C)(C)OC(=O)Nc1ccc(F)c(-c2cn(CCCC(=O)N3CCCC3c3ccc(Br)cc3Cl)nn2)c1. The number of hydrogen-bond acceptors (Lipinski definition) is 5. The standard InChI is InChI=1S/C27H30BrClFN5O3/c1-27(2,3)38-26(37)31-18-9-11-22(30)20(15-18)23-16-34(33-32-23)12-5-7-25(36)35-13-4-6-24(35)19-10-8-17(28)14-21(19)29/h8-11,14-16,24H,4-7,12-13H2,1-3H3,(H,31,37). The Balaban J connectivity index is 1.35. The average Bonchev–Trinajstić information content (AvgIpc) is 3.49. The minimum Gasteiger partial charge on any atom is -0.444 e. The van der Waals surface area contributed by atoms with E-state index >= 15 is 0 Å². The summed E-state index contributed by atoms with van der Waals surface area (Å²) in [7, 11) is 0. The van der Waals surface area contributed by atoms with Crippen LogP contribution in [-0.2, 0) is 16.1 Å². The molecule has 2 amide bonds. The number of rotatable bonds is 7. The molecule has 2 aromatic carbocycles. The Morgan fingerprint density at radius 3 is 2.76 bits per heavy atom. The molecule has 0 radical (unpaired) electrons. The Morgan fingerprint density at radius 2 is 2.03 bits per heavy atom. The second-order valence-electron chi connectivity index (χ2n) is 10.2. The fourth-order valence-corrected chi connectivity index (χ4v) is 5.25. The van der Waals surface area contributed by atoms with Gasteiger partial charge in [-0.3, -0.25) is 14.8 Å². The van der Waals surface area contributed by atoms with Gasteiger partial charge >= 0.3 is 6.09 Å². The van der Waals surface area contributed by atoms with E-state index in [4.69, 9.17) is 16.3 Å². The van der Waals surface area contributed by atoms with E-state index in [0.29, 0.717) is 42.3 Å². The van der Waals surface area contributed by atoms with E-state index in [0.717, 1.165) is 22.9 Å². The number of aryl methyl sites for hydroxylation is 1. The molecule has 1 aliphatic rings. The van der Waals surface area contributed by atoms with Crippen LogP contribution in [0.1, 0.15) is 58.1 Å². The van der Waals surface area contributed by atoms with Crippen molar-refractivity contribution in [1.29, 1.82) is 0 Å². The zero-order valence-electron chi connectivity index (χ0n) is 21.5. The van der Waals surface area contributed by atoms with Gasteiger partial charge < -0.3 is 9.64 Å². The van der Waals surface area contributed by atoms with Crippen LogP contribution in [0.15, 0.2) is 47.1 Å². The van der Waals surface area contributed by atoms with E-state index < -0.39 is 17.5 Å². The van der Waals surface area contributed by atoms with E-state index in [1.54, 1.807) is 31.6 Å². The molecule has 38 heavy (non-hydrogen) atoms. The zero-order chi connectivity index (χ0) is 27.4. The van der Waals surface area contributed by atoms with Gasteiger partial charge in [-0.15, -0.1) is 5.10 Å². The number of nitrogens with zero attached hydrogens (tertiary/aromatic N) is 4. The van der Waals surface area contributed by atoms with E-state index in [9.17, 15) is 14.0 Å². The average molecular weight is 607 g/mol. The number of benzene rings is 2. The first-order valence-electron chi connectivity index (χ1n) is 12.4. The highest BCUT2D eigenvalue weighted by molar-refractivity contribution is 9.10. The Kier molecular flexibility index (Phi) is 8.72. The maximum atomic E-state index is 14.5. The van der Waals surface area contributed by atoms with Gasteiger partial charge in [0.15, 0.2) is 0 Å². The Morgan fingerprint density at radius 1 is 1.24 bits per heavy atom. The van der Waals surface area contributed by atoms with Crippen molar-refractivity contribution in [3.05, 3.63) is 63.5 Å². The minimum atomic E-state index is -0.654. The number of aromatic nitrogens is 3. The lowest BCUT2D eigenvalue weighted by molar-refractivity contribution is -0.132. The molecule has 0 spiro atoms. The maximum absolute atomic E-state index is 14.5. The highest BCUT2D eigenvalue weighted by Gasteiger charge is 2.31. The van der Waals surface area contributed by atoms with Crippen LogP contribution in [0.4, 0.5) is 14.9 Å². The van der Waals surface area contributed by atoms with E-state index in [1.165, 1.54) is 18.2 Å². The van der Waals surface area contributed by atoms with Gasteiger partial charge in [-0.05, 0) is 75.9 Å². The molecule has 1 N–H and O–H groups in total. The first-order valence-corrected chi connectivity index (χ1v) is 13.6. The monoisotopic (exact) mass is 605 g/mol. The molecule has 2 heterocycles. The summed E-state index contributed by atoms with van der Waals surface area (Å²) in [5.74, 6) is -0.424. The fourth-order valence-electron chi connectivity index (χ4n) is 4.45. The number of likely N-dealkylation sites (tertiary alicyclic amines) is 1. The second-order valence-corrected chi connectivity index (χ2v) is 11.5. The van der Waals surface area contributed by atoms with Gasteiger partial charge in [0.25, 0.3) is 0 Å². The van der Waals surface area contributed by atoms with Gasteiger partial charge in [0.05, 0.1) is 12.2 Å². The highest BCUT2D eigenvalue weighted by atomic mass is 79.9. The van der Waals surface area contributed by atoms with Gasteiger partial charge in [0.1, 0.15) is 17.1 Å². The lowest BCUT2D eigenvalue weighted by atomic mass is 10.0. The number of halogens is 3. The first-order chi connectivity index (χ1) is 18.0. The third-order valence-electron chi connectivity index (χ3n) is 6.10. The summed E-state index contributed by atoms with van der Waals surface area (Å²) < 4.78 is 22.3. The molecule has 8 nitrogen and oxygen atoms in total. The van der Waals surface area contributed by atoms with Gasteiger partial charge in [0.2, 0.25) is 5.91 Å². The normalized spacial score (nSPS) is 15.5. The van der Waals surface area contributed by atoms with Crippen LogP contribution in [0.2, 0.25) is 5.02 Å². The first kappa shape index (κ1) is 28.0. The predicted octanol–water partition coefficient (Wildman–Crippen LogP) is 6.99. The third kappa shape index (κ3) is 7.11. The molecule has 1 saturated heterocycles.